The SMILES string of the molecule is CCC#CC[C@H](O)[C@@H]1OC(C)(C)O[C@H]1[C@H]1COC(C)(C)O1. The first kappa shape index (κ1) is 16.7. The Morgan fingerprint density at radius 2 is 1.81 bits per heavy atom. The Labute approximate surface area is 126 Å². The van der Waals surface area contributed by atoms with Crippen LogP contribution in [0.15, 0.2) is 0 Å². The van der Waals surface area contributed by atoms with Crippen molar-refractivity contribution < 1.29 is 24.1 Å². The van der Waals surface area contributed by atoms with E-state index in [0.717, 1.165) is 6.42 Å². The molecular weight excluding hydrogens is 272 g/mol. The van der Waals surface area contributed by atoms with E-state index in [0.29, 0.717) is 13.0 Å². The van der Waals surface area contributed by atoms with Crippen molar-refractivity contribution in [1.82, 2.24) is 0 Å². The van der Waals surface area contributed by atoms with Crippen molar-refractivity contribution in [2.45, 2.75) is 83.5 Å². The highest BCUT2D eigenvalue weighted by Crippen LogP contribution is 2.37. The fraction of sp³-hybridized carbons (Fsp3) is 0.875. The number of aliphatic hydroxyl groups is 1. The summed E-state index contributed by atoms with van der Waals surface area (Å²) in [5, 5.41) is 10.4. The molecule has 0 aromatic carbocycles. The van der Waals surface area contributed by atoms with Gasteiger partial charge in [-0.3, -0.25) is 0 Å². The van der Waals surface area contributed by atoms with Crippen molar-refractivity contribution in [3.63, 3.8) is 0 Å². The third kappa shape index (κ3) is 4.18. The van der Waals surface area contributed by atoms with Gasteiger partial charge in [0.15, 0.2) is 11.6 Å². The van der Waals surface area contributed by atoms with Gasteiger partial charge in [-0.1, -0.05) is 6.92 Å². The zero-order valence-electron chi connectivity index (χ0n) is 13.5. The molecule has 0 saturated carbocycles. The Balaban J connectivity index is 2.06. The van der Waals surface area contributed by atoms with Crippen molar-refractivity contribution in [2.75, 3.05) is 6.61 Å². The minimum Gasteiger partial charge on any atom is -0.389 e. The molecule has 0 bridgehead atoms. The first-order chi connectivity index (χ1) is 9.74. The largest absolute Gasteiger partial charge is 0.389 e. The van der Waals surface area contributed by atoms with Crippen LogP contribution in [0.2, 0.25) is 0 Å². The van der Waals surface area contributed by atoms with E-state index in [1.54, 1.807) is 0 Å². The van der Waals surface area contributed by atoms with Crippen LogP contribution in [-0.2, 0) is 18.9 Å². The van der Waals surface area contributed by atoms with Crippen LogP contribution in [0.3, 0.4) is 0 Å². The molecule has 2 aliphatic rings. The first-order valence-electron chi connectivity index (χ1n) is 7.55. The smallest absolute Gasteiger partial charge is 0.164 e. The third-order valence-corrected chi connectivity index (χ3v) is 3.55. The van der Waals surface area contributed by atoms with E-state index in [-0.39, 0.29) is 12.2 Å². The summed E-state index contributed by atoms with van der Waals surface area (Å²) in [5.41, 5.74) is 0. The van der Waals surface area contributed by atoms with Crippen molar-refractivity contribution in [3.05, 3.63) is 0 Å². The summed E-state index contributed by atoms with van der Waals surface area (Å²) in [5.74, 6) is 4.55. The van der Waals surface area contributed by atoms with E-state index in [4.69, 9.17) is 18.9 Å². The molecule has 0 aliphatic carbocycles. The highest BCUT2D eigenvalue weighted by Gasteiger charge is 2.51. The highest BCUT2D eigenvalue weighted by atomic mass is 16.8. The van der Waals surface area contributed by atoms with Gasteiger partial charge in [0, 0.05) is 12.8 Å². The molecule has 0 amide bonds. The molecule has 0 unspecified atom stereocenters. The van der Waals surface area contributed by atoms with Crippen LogP contribution in [0, 0.1) is 11.8 Å². The molecule has 5 heteroatoms. The van der Waals surface area contributed by atoms with Crippen molar-refractivity contribution in [1.29, 1.82) is 0 Å². The summed E-state index contributed by atoms with van der Waals surface area (Å²) in [4.78, 5) is 0. The van der Waals surface area contributed by atoms with E-state index < -0.39 is 23.8 Å². The van der Waals surface area contributed by atoms with Crippen LogP contribution in [0.5, 0.6) is 0 Å². The van der Waals surface area contributed by atoms with E-state index in [1.165, 1.54) is 0 Å². The van der Waals surface area contributed by atoms with E-state index in [9.17, 15) is 5.11 Å². The van der Waals surface area contributed by atoms with Gasteiger partial charge in [-0.05, 0) is 27.7 Å². The molecule has 2 aliphatic heterocycles. The van der Waals surface area contributed by atoms with Crippen molar-refractivity contribution in [2.24, 2.45) is 0 Å². The predicted molar refractivity (Wildman–Crippen MR) is 77.4 cm³/mol. The van der Waals surface area contributed by atoms with Crippen LogP contribution in [0.1, 0.15) is 47.5 Å². The van der Waals surface area contributed by atoms with Crippen LogP contribution in [-0.4, -0.2) is 47.7 Å². The van der Waals surface area contributed by atoms with E-state index >= 15 is 0 Å². The van der Waals surface area contributed by atoms with E-state index in [2.05, 4.69) is 11.8 Å². The highest BCUT2D eigenvalue weighted by molar-refractivity contribution is 5.03. The Morgan fingerprint density at radius 1 is 1.10 bits per heavy atom. The molecule has 2 rings (SSSR count). The van der Waals surface area contributed by atoms with Gasteiger partial charge in [0.25, 0.3) is 0 Å². The Morgan fingerprint density at radius 3 is 2.38 bits per heavy atom. The molecule has 5 nitrogen and oxygen atoms in total. The Kier molecular flexibility index (Phi) is 4.96. The lowest BCUT2D eigenvalue weighted by Crippen LogP contribution is -2.43. The molecule has 4 atom stereocenters. The predicted octanol–water partition coefficient (Wildman–Crippen LogP) is 1.82. The molecule has 120 valence electrons. The monoisotopic (exact) mass is 298 g/mol. The summed E-state index contributed by atoms with van der Waals surface area (Å²) in [6, 6.07) is 0. The maximum absolute atomic E-state index is 10.4. The maximum Gasteiger partial charge on any atom is 0.164 e. The summed E-state index contributed by atoms with van der Waals surface area (Å²) in [6.45, 7) is 9.82. The first-order valence-corrected chi connectivity index (χ1v) is 7.55. The number of aliphatic hydroxyl groups excluding tert-OH is 1. The molecule has 0 aromatic heterocycles. The second-order valence-electron chi connectivity index (χ2n) is 6.41. The fourth-order valence-electron chi connectivity index (χ4n) is 2.70. The Hall–Kier alpha value is -0.640. The number of hydrogen-bond donors (Lipinski definition) is 1. The minimum absolute atomic E-state index is 0.249. The number of hydrogen-bond acceptors (Lipinski definition) is 5. The van der Waals surface area contributed by atoms with Gasteiger partial charge in [-0.2, -0.15) is 0 Å². The van der Waals surface area contributed by atoms with Gasteiger partial charge >= 0.3 is 0 Å². The molecule has 0 spiro atoms. The molecule has 2 heterocycles. The van der Waals surface area contributed by atoms with Gasteiger partial charge in [-0.15, -0.1) is 11.8 Å². The zero-order chi connectivity index (χ0) is 15.7. The number of ether oxygens (including phenoxy) is 4. The molecule has 0 radical (unpaired) electrons. The topological polar surface area (TPSA) is 57.2 Å². The second-order valence-corrected chi connectivity index (χ2v) is 6.41. The standard InChI is InChI=1S/C16H26O5/c1-6-7-8-9-11(17)13-14(21-16(4,5)20-13)12-10-18-15(2,3)19-12/h11-14,17H,6,9-10H2,1-5H3/t11-,12+,13-,14-/m0/s1. The lowest BCUT2D eigenvalue weighted by molar-refractivity contribution is -0.175. The lowest BCUT2D eigenvalue weighted by atomic mass is 10.0. The summed E-state index contributed by atoms with van der Waals surface area (Å²) in [7, 11) is 0. The zero-order valence-corrected chi connectivity index (χ0v) is 13.5. The molecular formula is C16H26O5. The van der Waals surface area contributed by atoms with Gasteiger partial charge in [0.05, 0.1) is 12.7 Å². The molecule has 21 heavy (non-hydrogen) atoms. The van der Waals surface area contributed by atoms with Gasteiger partial charge < -0.3 is 24.1 Å². The van der Waals surface area contributed by atoms with Crippen molar-refractivity contribution in [3.8, 4) is 11.8 Å². The van der Waals surface area contributed by atoms with Crippen molar-refractivity contribution >= 4 is 0 Å². The summed E-state index contributed by atoms with van der Waals surface area (Å²) in [6.07, 6.45) is -0.638. The lowest BCUT2D eigenvalue weighted by Gasteiger charge is -2.25. The normalized spacial score (nSPS) is 35.2. The van der Waals surface area contributed by atoms with E-state index in [1.807, 2.05) is 34.6 Å². The minimum atomic E-state index is -0.745. The molecule has 1 N–H and O–H groups in total. The molecule has 2 saturated heterocycles. The molecule has 0 aromatic rings. The quantitative estimate of drug-likeness (QED) is 0.806. The second kappa shape index (κ2) is 6.23. The maximum atomic E-state index is 10.4. The average Bonchev–Trinajstić information content (AvgIpc) is 2.89. The number of rotatable bonds is 3. The Bertz CT molecular complexity index is 420. The van der Waals surface area contributed by atoms with Gasteiger partial charge in [0.1, 0.15) is 18.3 Å². The molecule has 2 fully saturated rings. The summed E-state index contributed by atoms with van der Waals surface area (Å²) >= 11 is 0. The van der Waals surface area contributed by atoms with Crippen LogP contribution in [0.4, 0.5) is 0 Å². The third-order valence-electron chi connectivity index (χ3n) is 3.55. The van der Waals surface area contributed by atoms with Crippen LogP contribution in [0.25, 0.3) is 0 Å². The van der Waals surface area contributed by atoms with Gasteiger partial charge in [0.2, 0.25) is 0 Å². The fourth-order valence-corrected chi connectivity index (χ4v) is 2.70. The summed E-state index contributed by atoms with van der Waals surface area (Å²) < 4.78 is 23.2. The van der Waals surface area contributed by atoms with Crippen LogP contribution >= 0.6 is 0 Å². The van der Waals surface area contributed by atoms with Crippen LogP contribution < -0.4 is 0 Å². The van der Waals surface area contributed by atoms with Gasteiger partial charge in [-0.25, -0.2) is 0 Å². The average molecular weight is 298 g/mol.